The molecule has 0 saturated heterocycles. The maximum Gasteiger partial charge on any atom is 0.417 e. The van der Waals surface area contributed by atoms with E-state index >= 15 is 0 Å². The molecule has 118 valence electrons. The Morgan fingerprint density at radius 2 is 1.48 bits per heavy atom. The normalized spacial score (nSPS) is 13.2. The number of carbonyl (C=O) groups is 1. The fraction of sp³-hybridized carbons (Fsp3) is 0.462. The van der Waals surface area contributed by atoms with Crippen molar-refractivity contribution in [1.82, 2.24) is 0 Å². The largest absolute Gasteiger partial charge is 0.456 e. The van der Waals surface area contributed by atoms with Crippen molar-refractivity contribution in [2.45, 2.75) is 38.7 Å². The summed E-state index contributed by atoms with van der Waals surface area (Å²) in [7, 11) is 0. The van der Waals surface area contributed by atoms with Crippen molar-refractivity contribution in [3.05, 3.63) is 34.9 Å². The molecule has 1 rings (SSSR count). The minimum Gasteiger partial charge on any atom is -0.456 e. The van der Waals surface area contributed by atoms with Gasteiger partial charge in [-0.15, -0.1) is 0 Å². The second-order valence-electron chi connectivity index (χ2n) is 5.26. The smallest absolute Gasteiger partial charge is 0.417 e. The van der Waals surface area contributed by atoms with Gasteiger partial charge in [-0.05, 0) is 39.0 Å². The van der Waals surface area contributed by atoms with Crippen molar-refractivity contribution in [2.75, 3.05) is 0 Å². The van der Waals surface area contributed by atoms with Gasteiger partial charge < -0.3 is 4.74 Å². The highest BCUT2D eigenvalue weighted by molar-refractivity contribution is 5.91. The molecule has 0 aliphatic rings. The molecule has 0 N–H and O–H groups in total. The Kier molecular flexibility index (Phi) is 4.32. The van der Waals surface area contributed by atoms with Crippen LogP contribution in [0.4, 0.5) is 26.3 Å². The molecule has 0 atom stereocenters. The molecular weight excluding hydrogens is 302 g/mol. The van der Waals surface area contributed by atoms with E-state index in [9.17, 15) is 31.1 Å². The Morgan fingerprint density at radius 1 is 0.952 bits per heavy atom. The Morgan fingerprint density at radius 3 is 1.86 bits per heavy atom. The van der Waals surface area contributed by atoms with Gasteiger partial charge >= 0.3 is 18.3 Å². The number of alkyl halides is 6. The molecule has 0 bridgehead atoms. The van der Waals surface area contributed by atoms with Gasteiger partial charge in [-0.25, -0.2) is 4.79 Å². The van der Waals surface area contributed by atoms with Crippen LogP contribution in [0.1, 0.15) is 42.3 Å². The second-order valence-corrected chi connectivity index (χ2v) is 5.26. The van der Waals surface area contributed by atoms with Crippen molar-refractivity contribution in [1.29, 1.82) is 0 Å². The van der Waals surface area contributed by atoms with Crippen molar-refractivity contribution in [3.63, 3.8) is 0 Å². The van der Waals surface area contributed by atoms with E-state index in [2.05, 4.69) is 0 Å². The van der Waals surface area contributed by atoms with E-state index in [4.69, 9.17) is 4.74 Å². The lowest BCUT2D eigenvalue weighted by atomic mass is 10.0. The number of halogens is 6. The molecule has 21 heavy (non-hydrogen) atoms. The summed E-state index contributed by atoms with van der Waals surface area (Å²) in [5, 5.41) is 0. The molecule has 0 saturated carbocycles. The van der Waals surface area contributed by atoms with Crippen molar-refractivity contribution in [2.24, 2.45) is 0 Å². The zero-order chi connectivity index (χ0) is 16.6. The van der Waals surface area contributed by atoms with Gasteiger partial charge in [-0.2, -0.15) is 26.3 Å². The Bertz CT molecular complexity index is 537. The van der Waals surface area contributed by atoms with Gasteiger partial charge in [0.1, 0.15) is 5.60 Å². The van der Waals surface area contributed by atoms with Crippen molar-refractivity contribution >= 4 is 5.97 Å². The lowest BCUT2D eigenvalue weighted by Gasteiger charge is -2.21. The fourth-order valence-corrected chi connectivity index (χ4v) is 1.47. The van der Waals surface area contributed by atoms with Crippen molar-refractivity contribution in [3.8, 4) is 0 Å². The molecule has 0 radical (unpaired) electrons. The molecule has 0 aliphatic heterocycles. The van der Waals surface area contributed by atoms with Crippen LogP contribution in [0, 0.1) is 0 Å². The summed E-state index contributed by atoms with van der Waals surface area (Å²) < 4.78 is 80.7. The zero-order valence-electron chi connectivity index (χ0n) is 11.3. The number of benzene rings is 1. The SMILES string of the molecule is CC(C)(C)OC(=O)c1ccc(C(F)(F)F)cc1C(F)(F)F. The first-order chi connectivity index (χ1) is 9.22. The summed E-state index contributed by atoms with van der Waals surface area (Å²) in [6.45, 7) is 4.30. The highest BCUT2D eigenvalue weighted by Crippen LogP contribution is 2.37. The van der Waals surface area contributed by atoms with Gasteiger partial charge in [0.25, 0.3) is 0 Å². The average Bonchev–Trinajstić information content (AvgIpc) is 2.23. The maximum absolute atomic E-state index is 12.8. The van der Waals surface area contributed by atoms with E-state index in [1.54, 1.807) is 0 Å². The predicted molar refractivity (Wildman–Crippen MR) is 61.6 cm³/mol. The van der Waals surface area contributed by atoms with E-state index in [1.807, 2.05) is 0 Å². The third-order valence-electron chi connectivity index (χ3n) is 2.27. The quantitative estimate of drug-likeness (QED) is 0.556. The third-order valence-corrected chi connectivity index (χ3v) is 2.27. The van der Waals surface area contributed by atoms with Gasteiger partial charge in [0.15, 0.2) is 0 Å². The van der Waals surface area contributed by atoms with Crippen LogP contribution in [-0.2, 0) is 17.1 Å². The molecule has 0 amide bonds. The Labute approximate surface area is 116 Å². The molecule has 0 aromatic heterocycles. The van der Waals surface area contributed by atoms with Crippen LogP contribution in [0.5, 0.6) is 0 Å². The standard InChI is InChI=1S/C13H12F6O2/c1-11(2,3)21-10(20)8-5-4-7(12(14,15)16)6-9(8)13(17,18)19/h4-6H,1-3H3. The van der Waals surface area contributed by atoms with Gasteiger partial charge in [0, 0.05) is 0 Å². The molecule has 2 nitrogen and oxygen atoms in total. The van der Waals surface area contributed by atoms with Crippen LogP contribution in [0.25, 0.3) is 0 Å². The van der Waals surface area contributed by atoms with E-state index in [-0.39, 0.29) is 6.07 Å². The number of ether oxygens (including phenoxy) is 1. The van der Waals surface area contributed by atoms with Crippen LogP contribution < -0.4 is 0 Å². The number of carbonyl (C=O) groups excluding carboxylic acids is 1. The Balaban J connectivity index is 3.37. The maximum atomic E-state index is 12.8. The summed E-state index contributed by atoms with van der Waals surface area (Å²) in [6.07, 6.45) is -10.0. The molecular formula is C13H12F6O2. The number of hydrogen-bond acceptors (Lipinski definition) is 2. The van der Waals surface area contributed by atoms with Crippen LogP contribution >= 0.6 is 0 Å². The molecule has 0 heterocycles. The topological polar surface area (TPSA) is 26.3 Å². The molecule has 0 unspecified atom stereocenters. The van der Waals surface area contributed by atoms with E-state index < -0.39 is 40.6 Å². The van der Waals surface area contributed by atoms with E-state index in [1.165, 1.54) is 20.8 Å². The first kappa shape index (κ1) is 17.3. The minimum atomic E-state index is -5.10. The summed E-state index contributed by atoms with van der Waals surface area (Å²) in [4.78, 5) is 11.7. The lowest BCUT2D eigenvalue weighted by molar-refractivity contribution is -0.143. The van der Waals surface area contributed by atoms with Crippen molar-refractivity contribution < 1.29 is 35.9 Å². The van der Waals surface area contributed by atoms with E-state index in [0.29, 0.717) is 12.1 Å². The predicted octanol–water partition coefficient (Wildman–Crippen LogP) is 4.68. The van der Waals surface area contributed by atoms with E-state index in [0.717, 1.165) is 0 Å². The molecule has 0 spiro atoms. The van der Waals surface area contributed by atoms with Gasteiger partial charge in [-0.1, -0.05) is 0 Å². The molecule has 1 aromatic carbocycles. The number of hydrogen-bond donors (Lipinski definition) is 0. The van der Waals surface area contributed by atoms with Gasteiger partial charge in [0.2, 0.25) is 0 Å². The summed E-state index contributed by atoms with van der Waals surface area (Å²) in [5.41, 5.74) is -5.18. The molecule has 0 fully saturated rings. The number of esters is 1. The fourth-order valence-electron chi connectivity index (χ4n) is 1.47. The number of rotatable bonds is 1. The second kappa shape index (κ2) is 5.23. The zero-order valence-corrected chi connectivity index (χ0v) is 11.3. The Hall–Kier alpha value is -1.73. The van der Waals surface area contributed by atoms with Gasteiger partial charge in [-0.3, -0.25) is 0 Å². The average molecular weight is 314 g/mol. The first-order valence-electron chi connectivity index (χ1n) is 5.73. The van der Waals surface area contributed by atoms with Crippen LogP contribution in [0.15, 0.2) is 18.2 Å². The molecule has 0 aliphatic carbocycles. The highest BCUT2D eigenvalue weighted by Gasteiger charge is 2.40. The van der Waals surface area contributed by atoms with Crippen LogP contribution in [0.2, 0.25) is 0 Å². The summed E-state index contributed by atoms with van der Waals surface area (Å²) >= 11 is 0. The monoisotopic (exact) mass is 314 g/mol. The molecule has 1 aromatic rings. The van der Waals surface area contributed by atoms with Crippen LogP contribution in [0.3, 0.4) is 0 Å². The van der Waals surface area contributed by atoms with Gasteiger partial charge in [0.05, 0.1) is 16.7 Å². The third kappa shape index (κ3) is 4.64. The molecule has 8 heteroatoms. The minimum absolute atomic E-state index is 0.0980. The highest BCUT2D eigenvalue weighted by atomic mass is 19.4. The van der Waals surface area contributed by atoms with Crippen LogP contribution in [-0.4, -0.2) is 11.6 Å². The summed E-state index contributed by atoms with van der Waals surface area (Å²) in [6, 6.07) is 0.785. The lowest BCUT2D eigenvalue weighted by Crippen LogP contribution is -2.26. The first-order valence-corrected chi connectivity index (χ1v) is 5.73. The summed E-state index contributed by atoms with van der Waals surface area (Å²) in [5.74, 6) is -1.33.